The van der Waals surface area contributed by atoms with Crippen LogP contribution in [0, 0.1) is 22.0 Å². The Morgan fingerprint density at radius 3 is 2.38 bits per heavy atom. The quantitative estimate of drug-likeness (QED) is 0.267. The Balaban J connectivity index is 1.75. The highest BCUT2D eigenvalue weighted by Gasteiger charge is 2.42. The summed E-state index contributed by atoms with van der Waals surface area (Å²) in [4.78, 5) is 23.2. The van der Waals surface area contributed by atoms with Gasteiger partial charge in [0.05, 0.1) is 10.5 Å². The zero-order valence-corrected chi connectivity index (χ0v) is 18.9. The number of non-ortho nitro benzene ring substituents is 1. The summed E-state index contributed by atoms with van der Waals surface area (Å²) in [5.41, 5.74) is 1.20. The molecule has 1 fully saturated rings. The van der Waals surface area contributed by atoms with Gasteiger partial charge in [-0.25, -0.2) is 4.79 Å². The molecular weight excluding hydrogens is 406 g/mol. The minimum Gasteiger partial charge on any atom is -0.459 e. The van der Waals surface area contributed by atoms with E-state index in [0.29, 0.717) is 11.5 Å². The van der Waals surface area contributed by atoms with E-state index in [1.54, 1.807) is 0 Å². The number of carbonyl (C=O) groups is 1. The molecule has 6 nitrogen and oxygen atoms in total. The second kappa shape index (κ2) is 9.65. The molecule has 0 bridgehead atoms. The topological polar surface area (TPSA) is 89.7 Å². The molecule has 1 unspecified atom stereocenters. The number of ether oxygens (including phenoxy) is 1. The number of rotatable bonds is 7. The van der Waals surface area contributed by atoms with Crippen molar-refractivity contribution in [2.24, 2.45) is 11.8 Å². The molecule has 4 atom stereocenters. The van der Waals surface area contributed by atoms with E-state index >= 15 is 0 Å². The van der Waals surface area contributed by atoms with Crippen molar-refractivity contribution in [3.05, 3.63) is 88.0 Å². The van der Waals surface area contributed by atoms with Gasteiger partial charge in [-0.15, -0.1) is 0 Å². The van der Waals surface area contributed by atoms with Crippen LogP contribution >= 0.6 is 0 Å². The molecule has 1 aliphatic carbocycles. The molecule has 1 aliphatic rings. The van der Waals surface area contributed by atoms with Crippen molar-refractivity contribution >= 4 is 11.7 Å². The average Bonchev–Trinajstić information content (AvgIpc) is 2.78. The molecule has 0 radical (unpaired) electrons. The third-order valence-electron chi connectivity index (χ3n) is 6.77. The maximum Gasteiger partial charge on any atom is 0.336 e. The van der Waals surface area contributed by atoms with Gasteiger partial charge in [0, 0.05) is 18.1 Å². The van der Waals surface area contributed by atoms with Crippen molar-refractivity contribution in [2.75, 3.05) is 0 Å². The molecule has 0 spiro atoms. The second-order valence-electron chi connectivity index (χ2n) is 9.33. The summed E-state index contributed by atoms with van der Waals surface area (Å²) in [7, 11) is 0. The fourth-order valence-corrected chi connectivity index (χ4v) is 4.67. The number of aliphatic hydroxyl groups excluding tert-OH is 1. The molecule has 2 aromatic carbocycles. The summed E-state index contributed by atoms with van der Waals surface area (Å²) in [6, 6.07) is 15.7. The van der Waals surface area contributed by atoms with E-state index in [4.69, 9.17) is 4.74 Å². The first-order valence-electron chi connectivity index (χ1n) is 11.0. The molecule has 0 aliphatic heterocycles. The zero-order chi connectivity index (χ0) is 23.5. The van der Waals surface area contributed by atoms with Crippen LogP contribution in [0.2, 0.25) is 0 Å². The normalized spacial score (nSPS) is 22.1. The van der Waals surface area contributed by atoms with Crippen LogP contribution in [0.5, 0.6) is 0 Å². The summed E-state index contributed by atoms with van der Waals surface area (Å²) in [6.07, 6.45) is 1.19. The van der Waals surface area contributed by atoms with Gasteiger partial charge in [0.2, 0.25) is 0 Å². The smallest absolute Gasteiger partial charge is 0.336 e. The highest BCUT2D eigenvalue weighted by atomic mass is 16.6. The third kappa shape index (κ3) is 5.07. The number of esters is 1. The zero-order valence-electron chi connectivity index (χ0n) is 18.9. The number of carbonyl (C=O) groups excluding carboxylic acids is 1. The summed E-state index contributed by atoms with van der Waals surface area (Å²) in [5, 5.41) is 21.4. The monoisotopic (exact) mass is 437 g/mol. The van der Waals surface area contributed by atoms with E-state index < -0.39 is 17.0 Å². The Kier molecular flexibility index (Phi) is 7.14. The number of nitro groups is 1. The Hall–Kier alpha value is -2.99. The van der Waals surface area contributed by atoms with Crippen molar-refractivity contribution in [1.29, 1.82) is 0 Å². The first-order chi connectivity index (χ1) is 15.1. The van der Waals surface area contributed by atoms with E-state index in [-0.39, 0.29) is 28.7 Å². The lowest BCUT2D eigenvalue weighted by Crippen LogP contribution is -2.43. The SMILES string of the molecule is C=C(C(=O)O[C@@H]1C[C@H](C)CC[C@H]1C(C)(C)c1ccccc1)C(O)c1ccc([N+](=O)[O-])cc1. The summed E-state index contributed by atoms with van der Waals surface area (Å²) in [5.74, 6) is -0.0679. The molecule has 0 aromatic heterocycles. The van der Waals surface area contributed by atoms with E-state index in [1.807, 2.05) is 18.2 Å². The van der Waals surface area contributed by atoms with E-state index in [0.717, 1.165) is 19.3 Å². The lowest BCUT2D eigenvalue weighted by Gasteiger charge is -2.44. The van der Waals surface area contributed by atoms with Gasteiger partial charge < -0.3 is 9.84 Å². The van der Waals surface area contributed by atoms with Crippen LogP contribution in [0.25, 0.3) is 0 Å². The first kappa shape index (κ1) is 23.7. The molecule has 0 amide bonds. The molecule has 1 saturated carbocycles. The van der Waals surface area contributed by atoms with Gasteiger partial charge >= 0.3 is 5.97 Å². The molecule has 0 heterocycles. The van der Waals surface area contributed by atoms with E-state index in [1.165, 1.54) is 29.8 Å². The highest BCUT2D eigenvalue weighted by molar-refractivity contribution is 5.89. The van der Waals surface area contributed by atoms with Crippen LogP contribution in [0.4, 0.5) is 5.69 Å². The largest absolute Gasteiger partial charge is 0.459 e. The molecule has 32 heavy (non-hydrogen) atoms. The average molecular weight is 438 g/mol. The number of aliphatic hydroxyl groups is 1. The first-order valence-corrected chi connectivity index (χ1v) is 11.0. The summed E-state index contributed by atoms with van der Waals surface area (Å²) < 4.78 is 5.94. The summed E-state index contributed by atoms with van der Waals surface area (Å²) >= 11 is 0. The molecule has 0 saturated heterocycles. The number of hydrogen-bond donors (Lipinski definition) is 1. The predicted molar refractivity (Wildman–Crippen MR) is 123 cm³/mol. The maximum absolute atomic E-state index is 12.9. The molecule has 6 heteroatoms. The fourth-order valence-electron chi connectivity index (χ4n) is 4.67. The lowest BCUT2D eigenvalue weighted by atomic mass is 9.64. The predicted octanol–water partition coefficient (Wildman–Crippen LogP) is 5.51. The molecule has 2 aromatic rings. The van der Waals surface area contributed by atoms with Crippen LogP contribution in [0.3, 0.4) is 0 Å². The van der Waals surface area contributed by atoms with E-state index in [9.17, 15) is 20.0 Å². The number of hydrogen-bond acceptors (Lipinski definition) is 5. The van der Waals surface area contributed by atoms with Gasteiger partial charge in [0.1, 0.15) is 12.2 Å². The van der Waals surface area contributed by atoms with Gasteiger partial charge in [-0.05, 0) is 47.4 Å². The van der Waals surface area contributed by atoms with Gasteiger partial charge in [-0.2, -0.15) is 0 Å². The van der Waals surface area contributed by atoms with Gasteiger partial charge in [-0.1, -0.05) is 64.1 Å². The van der Waals surface area contributed by atoms with Crippen molar-refractivity contribution in [3.8, 4) is 0 Å². The number of nitro benzene ring substituents is 1. The highest BCUT2D eigenvalue weighted by Crippen LogP contribution is 2.44. The Bertz CT molecular complexity index is 967. The van der Waals surface area contributed by atoms with Gasteiger partial charge in [0.15, 0.2) is 0 Å². The van der Waals surface area contributed by atoms with Crippen molar-refractivity contribution in [1.82, 2.24) is 0 Å². The molecule has 1 N–H and O–H groups in total. The maximum atomic E-state index is 12.9. The summed E-state index contributed by atoms with van der Waals surface area (Å²) in [6.45, 7) is 10.3. The van der Waals surface area contributed by atoms with Gasteiger partial charge in [0.25, 0.3) is 5.69 Å². The van der Waals surface area contributed by atoms with Crippen LogP contribution in [-0.4, -0.2) is 22.1 Å². The van der Waals surface area contributed by atoms with Crippen LogP contribution in [-0.2, 0) is 14.9 Å². The second-order valence-corrected chi connectivity index (χ2v) is 9.33. The van der Waals surface area contributed by atoms with Crippen LogP contribution in [0.15, 0.2) is 66.7 Å². The lowest BCUT2D eigenvalue weighted by molar-refractivity contribution is -0.384. The van der Waals surface area contributed by atoms with Crippen LogP contribution < -0.4 is 0 Å². The van der Waals surface area contributed by atoms with E-state index in [2.05, 4.69) is 39.5 Å². The molecule has 3 rings (SSSR count). The number of benzene rings is 2. The van der Waals surface area contributed by atoms with Crippen molar-refractivity contribution in [3.63, 3.8) is 0 Å². The standard InChI is InChI=1S/C26H31NO5/c1-17-10-15-22(26(3,4)20-8-6-5-7-9-20)23(16-17)32-25(29)18(2)24(28)19-11-13-21(14-12-19)27(30)31/h5-9,11-14,17,22-24,28H,2,10,15-16H2,1,3-4H3/t17-,22-,23-,24?/m1/s1. The Morgan fingerprint density at radius 2 is 1.78 bits per heavy atom. The molecular formula is C26H31NO5. The van der Waals surface area contributed by atoms with Crippen molar-refractivity contribution < 1.29 is 19.6 Å². The minimum atomic E-state index is -1.29. The third-order valence-corrected chi connectivity index (χ3v) is 6.77. The number of nitrogens with zero attached hydrogens (tertiary/aromatic N) is 1. The van der Waals surface area contributed by atoms with Crippen LogP contribution in [0.1, 0.15) is 57.3 Å². The van der Waals surface area contributed by atoms with Gasteiger partial charge in [-0.3, -0.25) is 10.1 Å². The fraction of sp³-hybridized carbons (Fsp3) is 0.423. The Labute approximate surface area is 189 Å². The van der Waals surface area contributed by atoms with Crippen molar-refractivity contribution in [2.45, 2.75) is 57.7 Å². The molecule has 170 valence electrons. The Morgan fingerprint density at radius 1 is 1.16 bits per heavy atom. The minimum absolute atomic E-state index is 0.0756.